The van der Waals surface area contributed by atoms with Crippen molar-refractivity contribution in [3.05, 3.63) is 0 Å². The van der Waals surface area contributed by atoms with Crippen molar-refractivity contribution >= 4 is 11.6 Å². The molecule has 0 aromatic carbocycles. The summed E-state index contributed by atoms with van der Waals surface area (Å²) < 4.78 is -2.12. The number of hydrogen-bond donors (Lipinski definition) is 2. The predicted molar refractivity (Wildman–Crippen MR) is 55.0 cm³/mol. The molecule has 0 fully saturated rings. The third-order valence-electron chi connectivity index (χ3n) is 2.73. The summed E-state index contributed by atoms with van der Waals surface area (Å²) in [5.74, 6) is -0.658. The molecule has 5 heteroatoms. The number of rotatable bonds is 4. The van der Waals surface area contributed by atoms with Crippen LogP contribution < -0.4 is 0 Å². The fourth-order valence-corrected chi connectivity index (χ4v) is 1.04. The van der Waals surface area contributed by atoms with Crippen molar-refractivity contribution in [1.29, 1.82) is 0 Å². The van der Waals surface area contributed by atoms with Gasteiger partial charge in [0.1, 0.15) is 0 Å². The molecule has 16 heavy (non-hydrogen) atoms. The van der Waals surface area contributed by atoms with E-state index in [0.29, 0.717) is 0 Å². The molecule has 4 nitrogen and oxygen atoms in total. The van der Waals surface area contributed by atoms with E-state index in [1.807, 2.05) is 0 Å². The molecule has 0 radical (unpaired) electrons. The molecule has 0 spiro atoms. The summed E-state index contributed by atoms with van der Waals surface area (Å²) in [6.45, 7) is 8.03. The van der Waals surface area contributed by atoms with Crippen LogP contribution >= 0.6 is 0 Å². The Balaban J connectivity index is 4.80. The second-order valence-electron chi connectivity index (χ2n) is 5.57. The summed E-state index contributed by atoms with van der Waals surface area (Å²) in [6.07, 6.45) is -0.271. The molecular weight excluding hydrogens is 244 g/mol. The number of carbonyl (C=O) groups excluding carboxylic acids is 2. The Hall–Kier alpha value is -0.0257. The predicted octanol–water partition coefficient (Wildman–Crippen LogP) is 0.772. The van der Waals surface area contributed by atoms with Crippen LogP contribution in [0.25, 0.3) is 0 Å². The third-order valence-corrected chi connectivity index (χ3v) is 3.70. The number of Topliss-reactive ketones (excluding diaryl/α,β-unsaturated/α-hetero) is 2. The molecular formula is C11H19O4Ti. The van der Waals surface area contributed by atoms with Crippen molar-refractivity contribution in [2.24, 2.45) is 10.8 Å². The molecule has 2 N–H and O–H groups in total. The van der Waals surface area contributed by atoms with E-state index in [0.717, 1.165) is 20.4 Å². The quantitative estimate of drug-likeness (QED) is 0.446. The molecule has 0 aliphatic carbocycles. The van der Waals surface area contributed by atoms with Gasteiger partial charge in [-0.3, -0.25) is 0 Å². The van der Waals surface area contributed by atoms with Crippen LogP contribution in [0.4, 0.5) is 0 Å². The topological polar surface area (TPSA) is 74.6 Å². The van der Waals surface area contributed by atoms with E-state index in [-0.39, 0.29) is 12.2 Å². The van der Waals surface area contributed by atoms with Gasteiger partial charge >= 0.3 is 108 Å². The molecule has 0 saturated heterocycles. The normalized spacial score (nSPS) is 13.6. The zero-order valence-electron chi connectivity index (χ0n) is 10.4. The number of hydrogen-bond acceptors (Lipinski definition) is 4. The molecule has 0 heterocycles. The minimum atomic E-state index is -2.12. The van der Waals surface area contributed by atoms with Crippen LogP contribution in [-0.2, 0) is 30.0 Å². The zero-order chi connectivity index (χ0) is 13.4. The van der Waals surface area contributed by atoms with Gasteiger partial charge in [-0.2, -0.15) is 0 Å². The molecule has 0 aromatic heterocycles. The monoisotopic (exact) mass is 263 g/mol. The Morgan fingerprint density at radius 2 is 1.38 bits per heavy atom. The summed E-state index contributed by atoms with van der Waals surface area (Å²) in [5.41, 5.74) is -1.94. The summed E-state index contributed by atoms with van der Waals surface area (Å²) in [6, 6.07) is 0. The second kappa shape index (κ2) is 4.69. The van der Waals surface area contributed by atoms with Crippen molar-refractivity contribution in [2.45, 2.75) is 45.1 Å². The summed E-state index contributed by atoms with van der Waals surface area (Å²) >= 11 is 1.15. The maximum absolute atomic E-state index is 11.8. The Bertz CT molecular complexity index is 294. The molecule has 0 saturated carbocycles. The van der Waals surface area contributed by atoms with Gasteiger partial charge in [0.05, 0.1) is 0 Å². The van der Waals surface area contributed by atoms with E-state index < -0.39 is 20.7 Å². The van der Waals surface area contributed by atoms with E-state index >= 15 is 0 Å². The van der Waals surface area contributed by atoms with Gasteiger partial charge in [0.25, 0.3) is 0 Å². The molecule has 0 aromatic rings. The SMILES string of the molecule is CC(C)(C)C(=O)CC(=O)C(C)(C)[C](O)(O)[Ti]. The van der Waals surface area contributed by atoms with Crippen LogP contribution in [0.15, 0.2) is 0 Å². The van der Waals surface area contributed by atoms with E-state index in [4.69, 9.17) is 0 Å². The van der Waals surface area contributed by atoms with Crippen LogP contribution in [-0.4, -0.2) is 25.9 Å². The van der Waals surface area contributed by atoms with E-state index in [2.05, 4.69) is 0 Å². The van der Waals surface area contributed by atoms with Gasteiger partial charge in [0.2, 0.25) is 0 Å². The number of carbonyl (C=O) groups is 2. The van der Waals surface area contributed by atoms with Crippen molar-refractivity contribution in [3.8, 4) is 0 Å². The van der Waals surface area contributed by atoms with Gasteiger partial charge in [-0.25, -0.2) is 0 Å². The molecule has 91 valence electrons. The fraction of sp³-hybridized carbons (Fsp3) is 0.818. The van der Waals surface area contributed by atoms with Crippen molar-refractivity contribution in [3.63, 3.8) is 0 Å². The first-order chi connectivity index (χ1) is 6.80. The van der Waals surface area contributed by atoms with Gasteiger partial charge in [0.15, 0.2) is 0 Å². The van der Waals surface area contributed by atoms with Crippen LogP contribution in [0.5, 0.6) is 0 Å². The van der Waals surface area contributed by atoms with Crippen LogP contribution in [0.2, 0.25) is 0 Å². The first kappa shape index (κ1) is 16.0. The Morgan fingerprint density at radius 1 is 1.00 bits per heavy atom. The van der Waals surface area contributed by atoms with Crippen molar-refractivity contribution in [1.82, 2.24) is 0 Å². The van der Waals surface area contributed by atoms with Crippen molar-refractivity contribution in [2.75, 3.05) is 0 Å². The van der Waals surface area contributed by atoms with Crippen LogP contribution in [0, 0.1) is 10.8 Å². The van der Waals surface area contributed by atoms with Gasteiger partial charge in [-0.05, 0) is 0 Å². The number of aliphatic hydroxyl groups is 2. The molecule has 0 amide bonds. The first-order valence-electron chi connectivity index (χ1n) is 5.06. The van der Waals surface area contributed by atoms with Crippen molar-refractivity contribution < 1.29 is 40.2 Å². The third kappa shape index (κ3) is 3.77. The molecule has 0 aliphatic rings. The number of ketones is 2. The van der Waals surface area contributed by atoms with E-state index in [9.17, 15) is 19.8 Å². The minimum absolute atomic E-state index is 0.199. The van der Waals surface area contributed by atoms with E-state index in [1.165, 1.54) is 13.8 Å². The molecule has 0 atom stereocenters. The molecule has 0 unspecified atom stereocenters. The Morgan fingerprint density at radius 3 is 1.62 bits per heavy atom. The average Bonchev–Trinajstić information content (AvgIpc) is 1.99. The van der Waals surface area contributed by atoms with Gasteiger partial charge in [0, 0.05) is 0 Å². The maximum atomic E-state index is 11.8. The van der Waals surface area contributed by atoms with Gasteiger partial charge < -0.3 is 0 Å². The Kier molecular flexibility index (Phi) is 4.68. The average molecular weight is 263 g/mol. The zero-order valence-corrected chi connectivity index (χ0v) is 12.0. The fourth-order valence-electron chi connectivity index (χ4n) is 0.826. The second-order valence-corrected chi connectivity index (χ2v) is 6.66. The summed E-state index contributed by atoms with van der Waals surface area (Å²) in [7, 11) is 0. The summed E-state index contributed by atoms with van der Waals surface area (Å²) in [4.78, 5) is 23.5. The Labute approximate surface area is 108 Å². The van der Waals surface area contributed by atoms with E-state index in [1.54, 1.807) is 20.8 Å². The first-order valence-corrected chi connectivity index (χ1v) is 5.84. The molecule has 0 aliphatic heterocycles. The molecule has 0 bridgehead atoms. The van der Waals surface area contributed by atoms with Crippen LogP contribution in [0.1, 0.15) is 41.0 Å². The van der Waals surface area contributed by atoms with Crippen LogP contribution in [0.3, 0.4) is 0 Å². The standard InChI is InChI=1S/C11H19O4.Ti/c1-10(2,3)7(12)6-8(13)11(4,5)9(14)15;/h14-15H,6H2,1-5H3;. The van der Waals surface area contributed by atoms with Gasteiger partial charge in [-0.1, -0.05) is 0 Å². The molecule has 0 rings (SSSR count). The summed E-state index contributed by atoms with van der Waals surface area (Å²) in [5, 5.41) is 18.9. The van der Waals surface area contributed by atoms with Gasteiger partial charge in [-0.15, -0.1) is 0 Å².